The van der Waals surface area contributed by atoms with E-state index in [2.05, 4.69) is 16.3 Å². The Hall–Kier alpha value is -2.38. The number of ether oxygens (including phenoxy) is 3. The Bertz CT molecular complexity index is 953. The molecule has 3 heterocycles. The first-order chi connectivity index (χ1) is 15.1. The zero-order valence-corrected chi connectivity index (χ0v) is 18.5. The maximum atomic E-state index is 12.0. The average Bonchev–Trinajstić information content (AvgIpc) is 3.38. The number of thiophene rings is 1. The summed E-state index contributed by atoms with van der Waals surface area (Å²) in [5.41, 5.74) is 2.60. The molecule has 1 aromatic carbocycles. The number of fused-ring (bicyclic) bond motifs is 1. The summed E-state index contributed by atoms with van der Waals surface area (Å²) in [7, 11) is 1.64. The normalized spacial score (nSPS) is 25.2. The molecule has 6 nitrogen and oxygen atoms in total. The summed E-state index contributed by atoms with van der Waals surface area (Å²) in [6, 6.07) is 10.2. The third kappa shape index (κ3) is 3.85. The van der Waals surface area contributed by atoms with E-state index in [1.165, 1.54) is 29.7 Å². The fourth-order valence-corrected chi connectivity index (χ4v) is 6.28. The molecule has 5 rings (SSSR count). The molecule has 3 aliphatic rings. The molecule has 0 amide bonds. The maximum absolute atomic E-state index is 12.0. The van der Waals surface area contributed by atoms with Crippen molar-refractivity contribution in [1.29, 1.82) is 0 Å². The lowest BCUT2D eigenvalue weighted by atomic mass is 9.84. The van der Waals surface area contributed by atoms with E-state index < -0.39 is 17.8 Å². The lowest BCUT2D eigenvalue weighted by Gasteiger charge is -2.44. The van der Waals surface area contributed by atoms with Crippen LogP contribution in [0, 0.1) is 0 Å². The summed E-state index contributed by atoms with van der Waals surface area (Å²) in [6.07, 6.45) is 5.90. The Labute approximate surface area is 186 Å². The van der Waals surface area contributed by atoms with Crippen LogP contribution >= 0.6 is 11.3 Å². The number of carbonyl (C=O) groups excluding carboxylic acids is 2. The van der Waals surface area contributed by atoms with Crippen molar-refractivity contribution in [1.82, 2.24) is 4.90 Å². The molecule has 164 valence electrons. The second-order valence-corrected chi connectivity index (χ2v) is 9.62. The van der Waals surface area contributed by atoms with Gasteiger partial charge in [0, 0.05) is 24.4 Å². The van der Waals surface area contributed by atoms with E-state index in [1.807, 2.05) is 35.6 Å². The van der Waals surface area contributed by atoms with Crippen molar-refractivity contribution in [2.75, 3.05) is 20.2 Å². The molecule has 2 atom stereocenters. The summed E-state index contributed by atoms with van der Waals surface area (Å²) in [4.78, 5) is 27.6. The minimum Gasteiger partial charge on any atom is -0.497 e. The van der Waals surface area contributed by atoms with Crippen LogP contribution in [0.4, 0.5) is 0 Å². The van der Waals surface area contributed by atoms with E-state index in [0.717, 1.165) is 30.7 Å². The highest BCUT2D eigenvalue weighted by molar-refractivity contribution is 7.10. The standard InChI is InChI=1S/C24H27NO5S/c1-28-19-7-5-16(6-8-19)18-10-13-25(24(15-18)29-22(26)23(27)30-24)12-9-17-3-2-4-21-20(17)11-14-31-21/h5-8,11,14,17-18H,2-4,9-10,12-13,15H2,1H3. The molecule has 2 unspecified atom stereocenters. The molecule has 1 aromatic heterocycles. The summed E-state index contributed by atoms with van der Waals surface area (Å²) in [6.45, 7) is 1.44. The molecule has 7 heteroatoms. The van der Waals surface area contributed by atoms with Crippen LogP contribution in [0.25, 0.3) is 0 Å². The quantitative estimate of drug-likeness (QED) is 0.512. The second kappa shape index (κ2) is 8.28. The molecule has 0 N–H and O–H groups in total. The van der Waals surface area contributed by atoms with Gasteiger partial charge in [0.1, 0.15) is 5.75 Å². The Morgan fingerprint density at radius 1 is 1.13 bits per heavy atom. The van der Waals surface area contributed by atoms with Crippen molar-refractivity contribution < 1.29 is 23.8 Å². The van der Waals surface area contributed by atoms with Gasteiger partial charge in [-0.25, -0.2) is 14.5 Å². The van der Waals surface area contributed by atoms with Crippen LogP contribution in [0.5, 0.6) is 5.75 Å². The minimum absolute atomic E-state index is 0.138. The van der Waals surface area contributed by atoms with E-state index in [9.17, 15) is 9.59 Å². The highest BCUT2D eigenvalue weighted by Crippen LogP contribution is 2.44. The van der Waals surface area contributed by atoms with Gasteiger partial charge >= 0.3 is 17.8 Å². The number of methoxy groups -OCH3 is 1. The number of piperidine rings is 1. The molecule has 2 saturated heterocycles. The van der Waals surface area contributed by atoms with Crippen LogP contribution < -0.4 is 4.74 Å². The largest absolute Gasteiger partial charge is 0.497 e. The first kappa shape index (κ1) is 20.5. The third-order valence-electron chi connectivity index (χ3n) is 6.92. The predicted octanol–water partition coefficient (Wildman–Crippen LogP) is 4.20. The number of likely N-dealkylation sites (tertiary alicyclic amines) is 1. The Morgan fingerprint density at radius 3 is 2.65 bits per heavy atom. The average molecular weight is 442 g/mol. The van der Waals surface area contributed by atoms with Crippen LogP contribution in [0.3, 0.4) is 0 Å². The SMILES string of the molecule is COc1ccc(C2CCN(CCC3CCCc4sccc43)C3(C2)OC(=O)C(=O)O3)cc1. The molecule has 2 fully saturated rings. The Kier molecular flexibility index (Phi) is 5.48. The minimum atomic E-state index is -1.29. The van der Waals surface area contributed by atoms with Gasteiger partial charge < -0.3 is 14.2 Å². The van der Waals surface area contributed by atoms with Gasteiger partial charge in [-0.15, -0.1) is 11.3 Å². The number of aryl methyl sites for hydroxylation is 1. The van der Waals surface area contributed by atoms with Crippen molar-refractivity contribution in [2.24, 2.45) is 0 Å². The van der Waals surface area contributed by atoms with E-state index >= 15 is 0 Å². The number of hydrogen-bond donors (Lipinski definition) is 0. The summed E-state index contributed by atoms with van der Waals surface area (Å²) >= 11 is 1.85. The molecule has 2 aliphatic heterocycles. The number of carbonyl (C=O) groups is 2. The molecule has 31 heavy (non-hydrogen) atoms. The van der Waals surface area contributed by atoms with E-state index in [0.29, 0.717) is 18.9 Å². The fraction of sp³-hybridized carbons (Fsp3) is 0.500. The van der Waals surface area contributed by atoms with Crippen LogP contribution in [-0.2, 0) is 25.5 Å². The topological polar surface area (TPSA) is 65.1 Å². The van der Waals surface area contributed by atoms with Gasteiger partial charge in [-0.1, -0.05) is 12.1 Å². The van der Waals surface area contributed by atoms with Gasteiger partial charge in [0.05, 0.1) is 7.11 Å². The zero-order valence-electron chi connectivity index (χ0n) is 17.7. The maximum Gasteiger partial charge on any atom is 0.421 e. The van der Waals surface area contributed by atoms with Gasteiger partial charge in [0.2, 0.25) is 0 Å². The van der Waals surface area contributed by atoms with E-state index in [-0.39, 0.29) is 5.92 Å². The third-order valence-corrected chi connectivity index (χ3v) is 7.91. The van der Waals surface area contributed by atoms with Gasteiger partial charge in [0.15, 0.2) is 0 Å². The monoisotopic (exact) mass is 441 g/mol. The Morgan fingerprint density at radius 2 is 1.90 bits per heavy atom. The lowest BCUT2D eigenvalue weighted by Crippen LogP contribution is -2.55. The van der Waals surface area contributed by atoms with E-state index in [4.69, 9.17) is 14.2 Å². The highest BCUT2D eigenvalue weighted by atomic mass is 32.1. The van der Waals surface area contributed by atoms with Crippen LogP contribution in [0.2, 0.25) is 0 Å². The molecular weight excluding hydrogens is 414 g/mol. The predicted molar refractivity (Wildman–Crippen MR) is 116 cm³/mol. The van der Waals surface area contributed by atoms with Crippen molar-refractivity contribution in [3.63, 3.8) is 0 Å². The van der Waals surface area contributed by atoms with Gasteiger partial charge in [-0.05, 0) is 78.6 Å². The molecule has 0 bridgehead atoms. The van der Waals surface area contributed by atoms with Crippen molar-refractivity contribution in [3.05, 3.63) is 51.7 Å². The molecule has 0 saturated carbocycles. The zero-order chi connectivity index (χ0) is 21.4. The lowest BCUT2D eigenvalue weighted by molar-refractivity contribution is -0.266. The summed E-state index contributed by atoms with van der Waals surface area (Å²) < 4.78 is 16.5. The van der Waals surface area contributed by atoms with Gasteiger partial charge in [-0.3, -0.25) is 0 Å². The van der Waals surface area contributed by atoms with Crippen LogP contribution in [-0.4, -0.2) is 42.9 Å². The summed E-state index contributed by atoms with van der Waals surface area (Å²) in [5, 5.41) is 2.19. The van der Waals surface area contributed by atoms with E-state index in [1.54, 1.807) is 7.11 Å². The van der Waals surface area contributed by atoms with Crippen molar-refractivity contribution in [2.45, 2.75) is 56.3 Å². The smallest absolute Gasteiger partial charge is 0.421 e. The molecule has 1 aliphatic carbocycles. The van der Waals surface area contributed by atoms with Crippen LogP contribution in [0.1, 0.15) is 59.9 Å². The number of esters is 2. The van der Waals surface area contributed by atoms with Crippen LogP contribution in [0.15, 0.2) is 35.7 Å². The first-order valence-electron chi connectivity index (χ1n) is 11.0. The van der Waals surface area contributed by atoms with Gasteiger partial charge in [-0.2, -0.15) is 0 Å². The number of nitrogens with zero attached hydrogens (tertiary/aromatic N) is 1. The fourth-order valence-electron chi connectivity index (χ4n) is 5.27. The van der Waals surface area contributed by atoms with Crippen molar-refractivity contribution >= 4 is 23.3 Å². The number of rotatable bonds is 5. The second-order valence-electron chi connectivity index (χ2n) is 8.62. The van der Waals surface area contributed by atoms with Gasteiger partial charge in [0.25, 0.3) is 0 Å². The molecular formula is C24H27NO5S. The number of benzene rings is 1. The highest BCUT2D eigenvalue weighted by Gasteiger charge is 2.56. The molecule has 1 spiro atoms. The van der Waals surface area contributed by atoms with Crippen molar-refractivity contribution in [3.8, 4) is 5.75 Å². The molecule has 0 radical (unpaired) electrons. The molecule has 2 aromatic rings. The Balaban J connectivity index is 1.33. The first-order valence-corrected chi connectivity index (χ1v) is 11.9. The number of hydrogen-bond acceptors (Lipinski definition) is 7. The summed E-state index contributed by atoms with van der Waals surface area (Å²) in [5.74, 6) is -1.62.